The van der Waals surface area contributed by atoms with E-state index < -0.39 is 11.6 Å². The van der Waals surface area contributed by atoms with Gasteiger partial charge in [0.2, 0.25) is 5.76 Å². The van der Waals surface area contributed by atoms with Gasteiger partial charge in [0.15, 0.2) is 0 Å². The van der Waals surface area contributed by atoms with Gasteiger partial charge in [0, 0.05) is 6.21 Å². The summed E-state index contributed by atoms with van der Waals surface area (Å²) in [7, 11) is 0. The second-order valence-corrected chi connectivity index (χ2v) is 3.64. The molecule has 0 aliphatic carbocycles. The van der Waals surface area contributed by atoms with Crippen molar-refractivity contribution in [2.24, 2.45) is 4.99 Å². The first-order valence-corrected chi connectivity index (χ1v) is 4.07. The number of rotatable bonds is 1. The fourth-order valence-electron chi connectivity index (χ4n) is 0.768. The van der Waals surface area contributed by atoms with Gasteiger partial charge < -0.3 is 9.47 Å². The van der Waals surface area contributed by atoms with Crippen LogP contribution in [0.3, 0.4) is 0 Å². The van der Waals surface area contributed by atoms with E-state index in [1.807, 2.05) is 0 Å². The number of hydrogen-bond donors (Lipinski definition) is 0. The fraction of sp³-hybridized carbons (Fsp3) is 0.556. The van der Waals surface area contributed by atoms with E-state index in [1.54, 1.807) is 27.0 Å². The molecule has 0 amide bonds. The summed E-state index contributed by atoms with van der Waals surface area (Å²) < 4.78 is 10.1. The highest BCUT2D eigenvalue weighted by Gasteiger charge is 2.21. The number of aliphatic imine (C=N–C) groups is 1. The van der Waals surface area contributed by atoms with E-state index in [1.165, 1.54) is 6.20 Å². The number of carbonyl (C=O) groups excluding carboxylic acids is 1. The third-order valence-electron chi connectivity index (χ3n) is 1.21. The first kappa shape index (κ1) is 9.77. The third kappa shape index (κ3) is 3.27. The molecule has 1 aliphatic rings. The Kier molecular flexibility index (Phi) is 2.70. The van der Waals surface area contributed by atoms with Gasteiger partial charge in [0.05, 0.1) is 6.20 Å². The molecule has 4 heteroatoms. The molecule has 0 aromatic carbocycles. The first-order chi connectivity index (χ1) is 5.99. The zero-order valence-corrected chi connectivity index (χ0v) is 8.03. The van der Waals surface area contributed by atoms with Crippen molar-refractivity contribution >= 4 is 12.2 Å². The SMILES string of the molecule is CC(C)(C)OC(=O)C1=CN=CCO1. The normalized spacial score (nSPS) is 16.1. The monoisotopic (exact) mass is 183 g/mol. The minimum Gasteiger partial charge on any atom is -0.480 e. The van der Waals surface area contributed by atoms with Gasteiger partial charge in [-0.05, 0) is 20.8 Å². The van der Waals surface area contributed by atoms with Crippen LogP contribution in [0.25, 0.3) is 0 Å². The van der Waals surface area contributed by atoms with Gasteiger partial charge in [0.1, 0.15) is 12.2 Å². The van der Waals surface area contributed by atoms with Gasteiger partial charge in [-0.2, -0.15) is 0 Å². The molecular weight excluding hydrogens is 170 g/mol. The molecule has 0 atom stereocenters. The zero-order chi connectivity index (χ0) is 9.90. The predicted molar refractivity (Wildman–Crippen MR) is 48.4 cm³/mol. The maximum Gasteiger partial charge on any atom is 0.375 e. The number of hydrogen-bond acceptors (Lipinski definition) is 4. The minimum absolute atomic E-state index is 0.164. The summed E-state index contributed by atoms with van der Waals surface area (Å²) in [6.07, 6.45) is 2.94. The quantitative estimate of drug-likeness (QED) is 0.575. The van der Waals surface area contributed by atoms with Gasteiger partial charge in [0.25, 0.3) is 0 Å². The molecule has 0 aromatic heterocycles. The van der Waals surface area contributed by atoms with E-state index in [-0.39, 0.29) is 5.76 Å². The summed E-state index contributed by atoms with van der Waals surface area (Å²) in [5, 5.41) is 0. The van der Waals surface area contributed by atoms with Crippen LogP contribution in [0.2, 0.25) is 0 Å². The Bertz CT molecular complexity index is 261. The van der Waals surface area contributed by atoms with Crippen LogP contribution in [0.15, 0.2) is 17.0 Å². The van der Waals surface area contributed by atoms with E-state index in [9.17, 15) is 4.79 Å². The highest BCUT2D eigenvalue weighted by Crippen LogP contribution is 2.12. The number of esters is 1. The Balaban J connectivity index is 2.58. The van der Waals surface area contributed by atoms with Crippen molar-refractivity contribution in [3.05, 3.63) is 12.0 Å². The average molecular weight is 183 g/mol. The van der Waals surface area contributed by atoms with Crippen molar-refractivity contribution in [1.29, 1.82) is 0 Å². The van der Waals surface area contributed by atoms with E-state index in [4.69, 9.17) is 9.47 Å². The van der Waals surface area contributed by atoms with Crippen molar-refractivity contribution in [2.75, 3.05) is 6.61 Å². The molecule has 1 heterocycles. The van der Waals surface area contributed by atoms with Crippen LogP contribution in [0.4, 0.5) is 0 Å². The molecular formula is C9H13NO3. The molecule has 13 heavy (non-hydrogen) atoms. The van der Waals surface area contributed by atoms with E-state index in [0.717, 1.165) is 0 Å². The second-order valence-electron chi connectivity index (χ2n) is 3.64. The smallest absolute Gasteiger partial charge is 0.375 e. The van der Waals surface area contributed by atoms with Crippen LogP contribution in [-0.2, 0) is 14.3 Å². The number of ether oxygens (including phenoxy) is 2. The van der Waals surface area contributed by atoms with Gasteiger partial charge >= 0.3 is 5.97 Å². The van der Waals surface area contributed by atoms with Gasteiger partial charge in [-0.1, -0.05) is 0 Å². The van der Waals surface area contributed by atoms with Crippen molar-refractivity contribution in [3.8, 4) is 0 Å². The second kappa shape index (κ2) is 3.60. The van der Waals surface area contributed by atoms with Crippen LogP contribution >= 0.6 is 0 Å². The molecule has 0 aromatic rings. The molecule has 1 aliphatic heterocycles. The van der Waals surface area contributed by atoms with Crippen molar-refractivity contribution in [3.63, 3.8) is 0 Å². The molecule has 0 spiro atoms. The highest BCUT2D eigenvalue weighted by atomic mass is 16.6. The molecule has 0 radical (unpaired) electrons. The lowest BCUT2D eigenvalue weighted by atomic mass is 10.2. The molecule has 0 saturated carbocycles. The zero-order valence-electron chi connectivity index (χ0n) is 8.03. The van der Waals surface area contributed by atoms with Crippen LogP contribution in [0.5, 0.6) is 0 Å². The lowest BCUT2D eigenvalue weighted by molar-refractivity contribution is -0.153. The first-order valence-electron chi connectivity index (χ1n) is 4.07. The summed E-state index contributed by atoms with van der Waals surface area (Å²) >= 11 is 0. The highest BCUT2D eigenvalue weighted by molar-refractivity contribution is 5.87. The lowest BCUT2D eigenvalue weighted by Gasteiger charge is -2.20. The van der Waals surface area contributed by atoms with Crippen molar-refractivity contribution in [1.82, 2.24) is 0 Å². The van der Waals surface area contributed by atoms with Crippen LogP contribution in [0.1, 0.15) is 20.8 Å². The van der Waals surface area contributed by atoms with E-state index in [2.05, 4.69) is 4.99 Å². The van der Waals surface area contributed by atoms with E-state index >= 15 is 0 Å². The maximum absolute atomic E-state index is 11.3. The lowest BCUT2D eigenvalue weighted by Crippen LogP contribution is -2.26. The standard InChI is InChI=1S/C9H13NO3/c1-9(2,3)13-8(11)7-6-10-4-5-12-7/h4,6H,5H2,1-3H3. The van der Waals surface area contributed by atoms with Gasteiger partial charge in [-0.15, -0.1) is 0 Å². The molecule has 0 fully saturated rings. The minimum atomic E-state index is -0.498. The Morgan fingerprint density at radius 1 is 1.62 bits per heavy atom. The Morgan fingerprint density at radius 3 is 2.77 bits per heavy atom. The topological polar surface area (TPSA) is 47.9 Å². The maximum atomic E-state index is 11.3. The fourth-order valence-corrected chi connectivity index (χ4v) is 0.768. The molecule has 72 valence electrons. The Labute approximate surface area is 77.2 Å². The average Bonchev–Trinajstić information content (AvgIpc) is 2.03. The molecule has 0 N–H and O–H groups in total. The number of nitrogens with zero attached hydrogens (tertiary/aromatic N) is 1. The van der Waals surface area contributed by atoms with Crippen LogP contribution in [0, 0.1) is 0 Å². The van der Waals surface area contributed by atoms with Crippen LogP contribution < -0.4 is 0 Å². The summed E-state index contributed by atoms with van der Waals surface area (Å²) in [5.74, 6) is -0.304. The third-order valence-corrected chi connectivity index (χ3v) is 1.21. The largest absolute Gasteiger partial charge is 0.480 e. The molecule has 4 nitrogen and oxygen atoms in total. The van der Waals surface area contributed by atoms with Crippen LogP contribution in [-0.4, -0.2) is 24.4 Å². The molecule has 0 saturated heterocycles. The number of carbonyl (C=O) groups is 1. The summed E-state index contributed by atoms with van der Waals surface area (Å²) in [4.78, 5) is 15.1. The van der Waals surface area contributed by atoms with Gasteiger partial charge in [-0.3, -0.25) is 4.99 Å². The molecule has 0 bridgehead atoms. The van der Waals surface area contributed by atoms with Gasteiger partial charge in [-0.25, -0.2) is 4.79 Å². The summed E-state index contributed by atoms with van der Waals surface area (Å²) in [6.45, 7) is 5.73. The van der Waals surface area contributed by atoms with Crippen molar-refractivity contribution in [2.45, 2.75) is 26.4 Å². The Hall–Kier alpha value is -1.32. The molecule has 0 unspecified atom stereocenters. The summed E-state index contributed by atoms with van der Waals surface area (Å²) in [6, 6.07) is 0. The Morgan fingerprint density at radius 2 is 2.31 bits per heavy atom. The summed E-state index contributed by atoms with van der Waals surface area (Å²) in [5.41, 5.74) is -0.498. The van der Waals surface area contributed by atoms with Crippen molar-refractivity contribution < 1.29 is 14.3 Å². The predicted octanol–water partition coefficient (Wildman–Crippen LogP) is 1.27. The van der Waals surface area contributed by atoms with E-state index in [0.29, 0.717) is 6.61 Å². The molecule has 1 rings (SSSR count).